The molecule has 220 valence electrons. The first-order valence-corrected chi connectivity index (χ1v) is 14.3. The van der Waals surface area contributed by atoms with E-state index in [9.17, 15) is 14.4 Å². The first-order chi connectivity index (χ1) is 20.2. The highest BCUT2D eigenvalue weighted by molar-refractivity contribution is 6.42. The van der Waals surface area contributed by atoms with Gasteiger partial charge in [0.05, 0.1) is 46.8 Å². The minimum absolute atomic E-state index is 0.145. The lowest BCUT2D eigenvalue weighted by Gasteiger charge is -2.42. The van der Waals surface area contributed by atoms with Gasteiger partial charge in [0.25, 0.3) is 11.8 Å². The molecular formula is C31H31Cl2N3O6. The second kappa shape index (κ2) is 13.0. The Labute approximate surface area is 254 Å². The van der Waals surface area contributed by atoms with Crippen LogP contribution in [0.4, 0.5) is 5.69 Å². The molecule has 0 spiro atoms. The van der Waals surface area contributed by atoms with Crippen molar-refractivity contribution in [3.63, 3.8) is 0 Å². The monoisotopic (exact) mass is 611 g/mol. The number of fused-ring (bicyclic) bond motifs is 2. The van der Waals surface area contributed by atoms with Crippen molar-refractivity contribution in [2.24, 2.45) is 0 Å². The van der Waals surface area contributed by atoms with Gasteiger partial charge in [-0.15, -0.1) is 0 Å². The molecule has 1 fully saturated rings. The number of benzene rings is 3. The maximum absolute atomic E-state index is 13.6. The molecule has 2 heterocycles. The molecule has 1 saturated heterocycles. The third-order valence-electron chi connectivity index (χ3n) is 7.51. The quantitative estimate of drug-likeness (QED) is 0.373. The molecule has 0 aromatic heterocycles. The predicted octanol–water partition coefficient (Wildman–Crippen LogP) is 5.34. The highest BCUT2D eigenvalue weighted by Crippen LogP contribution is 2.33. The molecule has 0 aliphatic carbocycles. The molecule has 0 radical (unpaired) electrons. The van der Waals surface area contributed by atoms with Crippen LogP contribution >= 0.6 is 23.2 Å². The van der Waals surface area contributed by atoms with Crippen molar-refractivity contribution in [2.45, 2.75) is 44.1 Å². The molecule has 3 amide bonds. The van der Waals surface area contributed by atoms with Crippen LogP contribution in [0.25, 0.3) is 0 Å². The topological polar surface area (TPSA) is 106 Å². The predicted molar refractivity (Wildman–Crippen MR) is 160 cm³/mol. The molecule has 42 heavy (non-hydrogen) atoms. The van der Waals surface area contributed by atoms with Gasteiger partial charge in [-0.05, 0) is 60.9 Å². The van der Waals surface area contributed by atoms with Crippen molar-refractivity contribution in [1.82, 2.24) is 10.2 Å². The molecule has 0 saturated carbocycles. The molecule has 3 atom stereocenters. The van der Waals surface area contributed by atoms with Crippen molar-refractivity contribution >= 4 is 46.6 Å². The zero-order valence-corrected chi connectivity index (χ0v) is 24.7. The van der Waals surface area contributed by atoms with Crippen LogP contribution in [0.1, 0.15) is 45.5 Å². The van der Waals surface area contributed by atoms with Crippen LogP contribution in [0.2, 0.25) is 10.0 Å². The number of carbonyl (C=O) groups is 3. The smallest absolute Gasteiger partial charge is 0.259 e. The highest BCUT2D eigenvalue weighted by atomic mass is 35.5. The number of likely N-dealkylation sites (N-methyl/N-ethyl adjacent to an activating group) is 1. The molecular weight excluding hydrogens is 581 g/mol. The standard InChI is InChI=1S/C31H31Cl2N3O6/c1-36-25-11-9-20(15-29(37)34-16-18-7-10-23(32)24(33)13-18)42-28(25)17-41-27-12-8-19(14-22(27)31(36)39)35-30(38)21-5-3-4-6-26(21)40-2/h3-8,10,12-14,20,25,28H,9,11,15-17H2,1-2H3,(H,34,37)(H,35,38)/t20-,25-,28+/m0/s1. The van der Waals surface area contributed by atoms with Crippen LogP contribution in [0, 0.1) is 0 Å². The van der Waals surface area contributed by atoms with Crippen LogP contribution in [0.15, 0.2) is 60.7 Å². The molecule has 0 unspecified atom stereocenters. The van der Waals surface area contributed by atoms with Gasteiger partial charge in [-0.2, -0.15) is 0 Å². The number of methoxy groups -OCH3 is 1. The summed E-state index contributed by atoms with van der Waals surface area (Å²) in [7, 11) is 3.24. The van der Waals surface area contributed by atoms with Crippen molar-refractivity contribution in [3.8, 4) is 11.5 Å². The molecule has 2 N–H and O–H groups in total. The Morgan fingerprint density at radius 3 is 2.64 bits per heavy atom. The summed E-state index contributed by atoms with van der Waals surface area (Å²) in [6, 6.07) is 16.9. The summed E-state index contributed by atoms with van der Waals surface area (Å²) in [6.45, 7) is 0.538. The number of hydrogen-bond acceptors (Lipinski definition) is 6. The van der Waals surface area contributed by atoms with E-state index >= 15 is 0 Å². The number of carbonyl (C=O) groups excluding carboxylic acids is 3. The van der Waals surface area contributed by atoms with Gasteiger partial charge in [0, 0.05) is 19.3 Å². The zero-order chi connectivity index (χ0) is 29.8. The lowest BCUT2D eigenvalue weighted by atomic mass is 9.94. The normalized spacial score (nSPS) is 19.9. The zero-order valence-electron chi connectivity index (χ0n) is 23.2. The summed E-state index contributed by atoms with van der Waals surface area (Å²) in [4.78, 5) is 40.8. The average molecular weight is 613 g/mol. The van der Waals surface area contributed by atoms with E-state index in [4.69, 9.17) is 37.4 Å². The van der Waals surface area contributed by atoms with Crippen LogP contribution in [-0.4, -0.2) is 61.6 Å². The SMILES string of the molecule is COc1ccccc1C(=O)Nc1ccc2c(c1)C(=O)N(C)[C@H]1CC[C@@H](CC(=O)NCc3ccc(Cl)c(Cl)c3)O[C@@H]1CO2. The van der Waals surface area contributed by atoms with Gasteiger partial charge in [-0.1, -0.05) is 41.4 Å². The lowest BCUT2D eigenvalue weighted by Crippen LogP contribution is -2.53. The Hall–Kier alpha value is -3.79. The summed E-state index contributed by atoms with van der Waals surface area (Å²) < 4.78 is 17.6. The summed E-state index contributed by atoms with van der Waals surface area (Å²) in [5.74, 6) is 0.104. The van der Waals surface area contributed by atoms with Crippen molar-refractivity contribution in [3.05, 3.63) is 87.4 Å². The molecule has 0 bridgehead atoms. The van der Waals surface area contributed by atoms with Crippen LogP contribution in [-0.2, 0) is 16.1 Å². The van der Waals surface area contributed by atoms with Gasteiger partial charge in [-0.3, -0.25) is 14.4 Å². The molecule has 3 aromatic rings. The van der Waals surface area contributed by atoms with Crippen LogP contribution in [0.3, 0.4) is 0 Å². The number of rotatable bonds is 7. The second-order valence-corrected chi connectivity index (χ2v) is 11.1. The number of anilines is 1. The van der Waals surface area contributed by atoms with E-state index in [1.54, 1.807) is 66.5 Å². The van der Waals surface area contributed by atoms with Gasteiger partial charge in [0.15, 0.2) is 0 Å². The third kappa shape index (κ3) is 6.64. The van der Waals surface area contributed by atoms with Gasteiger partial charge in [-0.25, -0.2) is 0 Å². The summed E-state index contributed by atoms with van der Waals surface area (Å²) in [5.41, 5.74) is 2.03. The van der Waals surface area contributed by atoms with E-state index in [0.29, 0.717) is 57.7 Å². The summed E-state index contributed by atoms with van der Waals surface area (Å²) >= 11 is 12.0. The summed E-state index contributed by atoms with van der Waals surface area (Å²) in [5, 5.41) is 6.63. The fourth-order valence-electron chi connectivity index (χ4n) is 5.27. The van der Waals surface area contributed by atoms with E-state index < -0.39 is 6.10 Å². The Bertz CT molecular complexity index is 1500. The van der Waals surface area contributed by atoms with Gasteiger partial charge >= 0.3 is 0 Å². The number of amides is 3. The number of hydrogen-bond donors (Lipinski definition) is 2. The fourth-order valence-corrected chi connectivity index (χ4v) is 5.59. The minimum atomic E-state index is -0.404. The number of nitrogens with one attached hydrogen (secondary N) is 2. The number of nitrogens with zero attached hydrogens (tertiary/aromatic N) is 1. The van der Waals surface area contributed by atoms with Crippen LogP contribution in [0.5, 0.6) is 11.5 Å². The third-order valence-corrected chi connectivity index (χ3v) is 8.25. The van der Waals surface area contributed by atoms with Crippen LogP contribution < -0.4 is 20.1 Å². The van der Waals surface area contributed by atoms with E-state index in [0.717, 1.165) is 5.56 Å². The molecule has 2 aliphatic rings. The molecule has 11 heteroatoms. The van der Waals surface area contributed by atoms with Gasteiger partial charge in [0.1, 0.15) is 24.2 Å². The fraction of sp³-hybridized carbons (Fsp3) is 0.323. The first-order valence-electron chi connectivity index (χ1n) is 13.6. The first kappa shape index (κ1) is 29.7. The minimum Gasteiger partial charge on any atom is -0.496 e. The van der Waals surface area contributed by atoms with E-state index in [-0.39, 0.29) is 42.9 Å². The van der Waals surface area contributed by atoms with E-state index in [1.807, 2.05) is 6.07 Å². The van der Waals surface area contributed by atoms with Gasteiger partial charge in [0.2, 0.25) is 5.91 Å². The lowest BCUT2D eigenvalue weighted by molar-refractivity contribution is -0.134. The largest absolute Gasteiger partial charge is 0.496 e. The van der Waals surface area contributed by atoms with E-state index in [1.165, 1.54) is 7.11 Å². The highest BCUT2D eigenvalue weighted by Gasteiger charge is 2.39. The maximum Gasteiger partial charge on any atom is 0.259 e. The average Bonchev–Trinajstić information content (AvgIpc) is 2.99. The molecule has 3 aromatic carbocycles. The Kier molecular flexibility index (Phi) is 9.21. The second-order valence-electron chi connectivity index (χ2n) is 10.3. The molecule has 5 rings (SSSR count). The molecule has 2 aliphatic heterocycles. The summed E-state index contributed by atoms with van der Waals surface area (Å²) in [6.07, 6.45) is 0.743. The maximum atomic E-state index is 13.6. The van der Waals surface area contributed by atoms with Crippen molar-refractivity contribution in [1.29, 1.82) is 0 Å². The Morgan fingerprint density at radius 1 is 1.05 bits per heavy atom. The van der Waals surface area contributed by atoms with Gasteiger partial charge < -0.3 is 29.7 Å². The molecule has 9 nitrogen and oxygen atoms in total. The Morgan fingerprint density at radius 2 is 1.86 bits per heavy atom. The number of halogens is 2. The van der Waals surface area contributed by atoms with E-state index in [2.05, 4.69) is 10.6 Å². The van der Waals surface area contributed by atoms with Crippen molar-refractivity contribution in [2.75, 3.05) is 26.1 Å². The van der Waals surface area contributed by atoms with Crippen molar-refractivity contribution < 1.29 is 28.6 Å². The number of ether oxygens (including phenoxy) is 3. The Balaban J connectivity index is 1.22. The number of para-hydroxylation sites is 1.